The molecule has 0 radical (unpaired) electrons. The van der Waals surface area contributed by atoms with E-state index in [4.69, 9.17) is 16.3 Å². The van der Waals surface area contributed by atoms with Crippen LogP contribution in [0, 0.1) is 5.92 Å². The molecule has 3 aromatic carbocycles. The Morgan fingerprint density at radius 3 is 2.38 bits per heavy atom. The molecule has 3 aromatic rings. The minimum atomic E-state index is -1.03. The Hall–Kier alpha value is -3.31. The van der Waals surface area contributed by atoms with Gasteiger partial charge < -0.3 is 9.64 Å². The van der Waals surface area contributed by atoms with Crippen LogP contribution in [0.1, 0.15) is 30.0 Å². The molecule has 160 valence electrons. The topological polar surface area (TPSA) is 49.9 Å². The number of imide groups is 1. The third-order valence-electron chi connectivity index (χ3n) is 7.16. The predicted octanol–water partition coefficient (Wildman–Crippen LogP) is 5.41. The Morgan fingerprint density at radius 2 is 1.62 bits per heavy atom. The molecule has 5 nitrogen and oxygen atoms in total. The second-order valence-electron chi connectivity index (χ2n) is 8.76. The lowest BCUT2D eigenvalue weighted by Gasteiger charge is -2.34. The van der Waals surface area contributed by atoms with Crippen LogP contribution in [0.25, 0.3) is 0 Å². The van der Waals surface area contributed by atoms with E-state index < -0.39 is 5.54 Å². The first-order valence-electron chi connectivity index (χ1n) is 10.7. The minimum Gasteiger partial charge on any atom is -0.493 e. The number of fused-ring (bicyclic) bond motifs is 5. The first kappa shape index (κ1) is 19.4. The van der Waals surface area contributed by atoms with E-state index in [9.17, 15) is 9.59 Å². The van der Waals surface area contributed by atoms with Gasteiger partial charge in [-0.25, -0.2) is 9.69 Å². The zero-order valence-corrected chi connectivity index (χ0v) is 18.2. The van der Waals surface area contributed by atoms with Crippen LogP contribution in [0.15, 0.2) is 78.9 Å². The number of urea groups is 1. The van der Waals surface area contributed by atoms with Gasteiger partial charge in [-0.05, 0) is 42.8 Å². The standard InChI is InChI=1S/C26H21ClN2O3/c1-26-22(16-7-3-2-4-8-16)20-15-32-21-10-6-5-9-19(21)23(20)29(26)25(31)28(24(26)30)18-13-11-17(27)12-14-18/h2-14,20,22-23H,15H2,1H3/t20?,22?,23?,26-/m1/s1. The van der Waals surface area contributed by atoms with E-state index in [2.05, 4.69) is 0 Å². The van der Waals surface area contributed by atoms with Gasteiger partial charge in [0.05, 0.1) is 18.3 Å². The second kappa shape index (κ2) is 6.84. The van der Waals surface area contributed by atoms with Gasteiger partial charge >= 0.3 is 6.03 Å². The first-order chi connectivity index (χ1) is 15.5. The molecule has 6 rings (SSSR count). The van der Waals surface area contributed by atoms with Crippen LogP contribution in [0.4, 0.5) is 10.5 Å². The molecule has 4 atom stereocenters. The van der Waals surface area contributed by atoms with Crippen LogP contribution in [-0.4, -0.2) is 29.0 Å². The second-order valence-corrected chi connectivity index (χ2v) is 9.20. The van der Waals surface area contributed by atoms with Crippen LogP contribution >= 0.6 is 11.6 Å². The van der Waals surface area contributed by atoms with E-state index in [0.29, 0.717) is 17.3 Å². The largest absolute Gasteiger partial charge is 0.493 e. The van der Waals surface area contributed by atoms with Gasteiger partial charge in [0.2, 0.25) is 0 Å². The summed E-state index contributed by atoms with van der Waals surface area (Å²) in [7, 11) is 0. The van der Waals surface area contributed by atoms with Gasteiger partial charge in [-0.3, -0.25) is 4.79 Å². The summed E-state index contributed by atoms with van der Waals surface area (Å²) < 4.78 is 6.12. The molecule has 2 saturated heterocycles. The molecule has 0 bridgehead atoms. The summed E-state index contributed by atoms with van der Waals surface area (Å²) in [5, 5.41) is 0.556. The van der Waals surface area contributed by atoms with E-state index >= 15 is 0 Å². The van der Waals surface area contributed by atoms with E-state index in [-0.39, 0.29) is 29.8 Å². The molecule has 0 aromatic heterocycles. The summed E-state index contributed by atoms with van der Waals surface area (Å²) in [6.07, 6.45) is 0. The summed E-state index contributed by atoms with van der Waals surface area (Å²) in [6, 6.07) is 24.1. The number of ether oxygens (including phenoxy) is 1. The van der Waals surface area contributed by atoms with Crippen molar-refractivity contribution in [2.75, 3.05) is 11.5 Å². The van der Waals surface area contributed by atoms with Crippen LogP contribution in [0.3, 0.4) is 0 Å². The van der Waals surface area contributed by atoms with Crippen molar-refractivity contribution in [3.8, 4) is 5.75 Å². The number of carbonyl (C=O) groups is 2. The molecule has 3 heterocycles. The highest BCUT2D eigenvalue weighted by atomic mass is 35.5. The maximum absolute atomic E-state index is 14.0. The number of halogens is 1. The Morgan fingerprint density at radius 1 is 0.938 bits per heavy atom. The number of carbonyl (C=O) groups excluding carboxylic acids is 2. The molecule has 0 N–H and O–H groups in total. The van der Waals surface area contributed by atoms with Crippen molar-refractivity contribution in [3.05, 3.63) is 95.0 Å². The number of benzene rings is 3. The van der Waals surface area contributed by atoms with Crippen molar-refractivity contribution >= 4 is 29.2 Å². The fourth-order valence-electron chi connectivity index (χ4n) is 5.85. The SMILES string of the molecule is C[C@@]12C(=O)N(c3ccc(Cl)cc3)C(=O)N1C1c3ccccc3OCC1C2c1ccccc1. The lowest BCUT2D eigenvalue weighted by Crippen LogP contribution is -2.46. The molecule has 2 fully saturated rings. The van der Waals surface area contributed by atoms with Gasteiger partial charge in [-0.15, -0.1) is 0 Å². The maximum Gasteiger partial charge on any atom is 0.332 e. The third-order valence-corrected chi connectivity index (χ3v) is 7.42. The van der Waals surface area contributed by atoms with E-state index in [1.807, 2.05) is 61.5 Å². The van der Waals surface area contributed by atoms with Crippen molar-refractivity contribution < 1.29 is 14.3 Å². The average molecular weight is 445 g/mol. The number of nitrogens with zero attached hydrogens (tertiary/aromatic N) is 2. The van der Waals surface area contributed by atoms with Gasteiger partial charge in [-0.1, -0.05) is 60.1 Å². The monoisotopic (exact) mass is 444 g/mol. The van der Waals surface area contributed by atoms with E-state index in [0.717, 1.165) is 16.9 Å². The van der Waals surface area contributed by atoms with Gasteiger partial charge in [0.15, 0.2) is 0 Å². The zero-order chi connectivity index (χ0) is 22.0. The number of hydrogen-bond acceptors (Lipinski definition) is 3. The molecule has 3 aliphatic heterocycles. The van der Waals surface area contributed by atoms with Crippen LogP contribution in [-0.2, 0) is 4.79 Å². The van der Waals surface area contributed by atoms with Crippen molar-refractivity contribution in [2.24, 2.45) is 5.92 Å². The highest BCUT2D eigenvalue weighted by Gasteiger charge is 2.70. The number of amides is 3. The fraction of sp³-hybridized carbons (Fsp3) is 0.231. The Bertz CT molecular complexity index is 1230. The molecule has 0 aliphatic carbocycles. The molecule has 3 unspecified atom stereocenters. The predicted molar refractivity (Wildman–Crippen MR) is 122 cm³/mol. The highest BCUT2D eigenvalue weighted by Crippen LogP contribution is 2.61. The quantitative estimate of drug-likeness (QED) is 0.496. The average Bonchev–Trinajstić information content (AvgIpc) is 3.20. The lowest BCUT2D eigenvalue weighted by molar-refractivity contribution is -0.124. The smallest absolute Gasteiger partial charge is 0.332 e. The molecule has 6 heteroatoms. The summed E-state index contributed by atoms with van der Waals surface area (Å²) in [6.45, 7) is 2.36. The summed E-state index contributed by atoms with van der Waals surface area (Å²) >= 11 is 6.05. The van der Waals surface area contributed by atoms with E-state index in [1.165, 1.54) is 4.90 Å². The van der Waals surface area contributed by atoms with Gasteiger partial charge in [-0.2, -0.15) is 0 Å². The van der Waals surface area contributed by atoms with Crippen LogP contribution in [0.5, 0.6) is 5.75 Å². The lowest BCUT2D eigenvalue weighted by atomic mass is 9.73. The summed E-state index contributed by atoms with van der Waals surface area (Å²) in [5.41, 5.74) is 1.49. The number of para-hydroxylation sites is 1. The van der Waals surface area contributed by atoms with Gasteiger partial charge in [0.1, 0.15) is 11.3 Å². The summed E-state index contributed by atoms with van der Waals surface area (Å²) in [4.78, 5) is 31.0. The normalized spacial score (nSPS) is 28.2. The van der Waals surface area contributed by atoms with Gasteiger partial charge in [0, 0.05) is 22.4 Å². The molecule has 3 aliphatic rings. The van der Waals surface area contributed by atoms with Crippen LogP contribution in [0.2, 0.25) is 5.02 Å². The molecule has 0 saturated carbocycles. The first-order valence-corrected chi connectivity index (χ1v) is 11.1. The molecule has 3 amide bonds. The van der Waals surface area contributed by atoms with E-state index in [1.54, 1.807) is 29.2 Å². The third kappa shape index (κ3) is 2.46. The highest BCUT2D eigenvalue weighted by molar-refractivity contribution is 6.31. The summed E-state index contributed by atoms with van der Waals surface area (Å²) in [5.74, 6) is 0.328. The van der Waals surface area contributed by atoms with Crippen molar-refractivity contribution in [1.82, 2.24) is 4.90 Å². The molecule has 32 heavy (non-hydrogen) atoms. The molecular formula is C26H21ClN2O3. The van der Waals surface area contributed by atoms with Crippen molar-refractivity contribution in [1.29, 1.82) is 0 Å². The van der Waals surface area contributed by atoms with Gasteiger partial charge in [0.25, 0.3) is 5.91 Å². The Kier molecular flexibility index (Phi) is 4.14. The fourth-order valence-corrected chi connectivity index (χ4v) is 5.98. The Balaban J connectivity index is 1.56. The Labute approximate surface area is 191 Å². The molecule has 0 spiro atoms. The number of anilines is 1. The van der Waals surface area contributed by atoms with Crippen molar-refractivity contribution in [3.63, 3.8) is 0 Å². The minimum absolute atomic E-state index is 0.0300. The number of hydrogen-bond donors (Lipinski definition) is 0. The zero-order valence-electron chi connectivity index (χ0n) is 17.4. The van der Waals surface area contributed by atoms with Crippen molar-refractivity contribution in [2.45, 2.75) is 24.4 Å². The molecular weight excluding hydrogens is 424 g/mol. The van der Waals surface area contributed by atoms with Crippen LogP contribution < -0.4 is 9.64 Å². The number of rotatable bonds is 2. The maximum atomic E-state index is 14.0.